The molecule has 4 aromatic carbocycles. The number of furan rings is 1. The van der Waals surface area contributed by atoms with Gasteiger partial charge in [-0.2, -0.15) is 9.78 Å². The molecule has 0 aliphatic rings. The number of ether oxygens (including phenoxy) is 2. The third-order valence-electron chi connectivity index (χ3n) is 6.33. The van der Waals surface area contributed by atoms with E-state index in [1.165, 1.54) is 10.7 Å². The number of benzene rings is 4. The summed E-state index contributed by atoms with van der Waals surface area (Å²) in [6.45, 7) is 0.0858. The van der Waals surface area contributed by atoms with Crippen LogP contribution in [-0.2, 0) is 6.61 Å². The third kappa shape index (κ3) is 4.87. The number of fused-ring (bicyclic) bond motifs is 2. The smallest absolute Gasteiger partial charge is 0.282 e. The molecule has 0 aliphatic heterocycles. The fraction of sp³-hybridized carbons (Fsp3) is 0.0645. The lowest BCUT2D eigenvalue weighted by Gasteiger charge is -2.10. The summed E-state index contributed by atoms with van der Waals surface area (Å²) in [5, 5.41) is 5.69. The Kier molecular flexibility index (Phi) is 6.88. The topological polar surface area (TPSA) is 78.9 Å². The van der Waals surface area contributed by atoms with Gasteiger partial charge in [0, 0.05) is 5.56 Å². The molecule has 0 radical (unpaired) electrons. The lowest BCUT2D eigenvalue weighted by Crippen LogP contribution is -2.20. The summed E-state index contributed by atoms with van der Waals surface area (Å²) in [7, 11) is 1.59. The first-order valence-corrected chi connectivity index (χ1v) is 13.1. The molecule has 0 atom stereocenters. The molecule has 0 bridgehead atoms. The second-order valence-electron chi connectivity index (χ2n) is 8.87. The number of methoxy groups -OCH3 is 1. The van der Waals surface area contributed by atoms with Crippen LogP contribution in [0, 0.1) is 5.82 Å². The Morgan fingerprint density at radius 2 is 1.80 bits per heavy atom. The maximum atomic E-state index is 13.9. The maximum absolute atomic E-state index is 13.9. The summed E-state index contributed by atoms with van der Waals surface area (Å²) >= 11 is 3.51. The molecule has 0 saturated carbocycles. The molecule has 6 rings (SSSR count). The fourth-order valence-corrected chi connectivity index (χ4v) is 4.83. The Hall–Kier alpha value is -4.76. The highest BCUT2D eigenvalue weighted by atomic mass is 79.9. The first-order chi connectivity index (χ1) is 19.5. The minimum Gasteiger partial charge on any atom is -0.496 e. The van der Waals surface area contributed by atoms with Crippen LogP contribution in [0.1, 0.15) is 11.1 Å². The Labute approximate surface area is 236 Å². The minimum atomic E-state index is -0.340. The molecule has 0 amide bonds. The third-order valence-corrected chi connectivity index (χ3v) is 6.95. The van der Waals surface area contributed by atoms with Crippen molar-refractivity contribution in [1.82, 2.24) is 9.66 Å². The van der Waals surface area contributed by atoms with Gasteiger partial charge < -0.3 is 13.9 Å². The number of nitrogens with zero attached hydrogens (tertiary/aromatic N) is 3. The van der Waals surface area contributed by atoms with E-state index < -0.39 is 0 Å². The number of para-hydroxylation sites is 1. The van der Waals surface area contributed by atoms with E-state index in [1.54, 1.807) is 74.0 Å². The predicted molar refractivity (Wildman–Crippen MR) is 156 cm³/mol. The van der Waals surface area contributed by atoms with E-state index in [1.807, 2.05) is 24.3 Å². The SMILES string of the molecule is COc1cccc2oc(-c3nc4ccccc4c(=O)n3N=Cc3ccc(OCc4ccccc4F)c(Br)c3)cc12. The summed E-state index contributed by atoms with van der Waals surface area (Å²) in [5.74, 6) is 1.49. The minimum absolute atomic E-state index is 0.0858. The maximum Gasteiger partial charge on any atom is 0.282 e. The van der Waals surface area contributed by atoms with E-state index in [9.17, 15) is 9.18 Å². The van der Waals surface area contributed by atoms with Gasteiger partial charge in [-0.25, -0.2) is 9.37 Å². The highest BCUT2D eigenvalue weighted by Crippen LogP contribution is 2.33. The Morgan fingerprint density at radius 3 is 2.62 bits per heavy atom. The van der Waals surface area contributed by atoms with Crippen molar-refractivity contribution in [3.05, 3.63) is 123 Å². The second-order valence-corrected chi connectivity index (χ2v) is 9.72. The molecule has 0 unspecified atom stereocenters. The molecule has 2 heterocycles. The zero-order valence-electron chi connectivity index (χ0n) is 21.2. The van der Waals surface area contributed by atoms with Crippen LogP contribution in [-0.4, -0.2) is 23.0 Å². The summed E-state index contributed by atoms with van der Waals surface area (Å²) in [4.78, 5) is 18.2. The molecule has 0 spiro atoms. The molecule has 0 saturated heterocycles. The average molecular weight is 598 g/mol. The molecule has 198 valence electrons. The van der Waals surface area contributed by atoms with Gasteiger partial charge >= 0.3 is 0 Å². The lowest BCUT2D eigenvalue weighted by atomic mass is 10.2. The van der Waals surface area contributed by atoms with Crippen molar-refractivity contribution < 1.29 is 18.3 Å². The standard InChI is InChI=1S/C31H21BrFN3O4/c1-38-26-11-6-12-27-22(26)16-29(40-27)30-35-25-10-5-3-8-21(25)31(37)36(30)34-17-19-13-14-28(23(32)15-19)39-18-20-7-2-4-9-24(20)33/h2-17H,18H2,1H3. The summed E-state index contributed by atoms with van der Waals surface area (Å²) in [5.41, 5.74) is 1.94. The largest absolute Gasteiger partial charge is 0.496 e. The molecule has 7 nitrogen and oxygen atoms in total. The van der Waals surface area contributed by atoms with E-state index >= 15 is 0 Å². The van der Waals surface area contributed by atoms with Gasteiger partial charge in [0.15, 0.2) is 5.76 Å². The molecule has 6 aromatic rings. The molecule has 40 heavy (non-hydrogen) atoms. The molecule has 0 fully saturated rings. The summed E-state index contributed by atoms with van der Waals surface area (Å²) < 4.78 is 33.2. The van der Waals surface area contributed by atoms with Crippen molar-refractivity contribution in [2.75, 3.05) is 7.11 Å². The first-order valence-electron chi connectivity index (χ1n) is 12.3. The van der Waals surface area contributed by atoms with Crippen molar-refractivity contribution in [2.45, 2.75) is 6.61 Å². The number of hydrogen-bond donors (Lipinski definition) is 0. The van der Waals surface area contributed by atoms with Crippen molar-refractivity contribution in [2.24, 2.45) is 5.10 Å². The van der Waals surface area contributed by atoms with Crippen LogP contribution in [0.3, 0.4) is 0 Å². The number of rotatable bonds is 7. The van der Waals surface area contributed by atoms with E-state index in [0.29, 0.717) is 49.3 Å². The first kappa shape index (κ1) is 25.5. The van der Waals surface area contributed by atoms with Gasteiger partial charge in [-0.3, -0.25) is 4.79 Å². The quantitative estimate of drug-likeness (QED) is 0.182. The highest BCUT2D eigenvalue weighted by molar-refractivity contribution is 9.10. The zero-order valence-corrected chi connectivity index (χ0v) is 22.8. The van der Waals surface area contributed by atoms with Crippen LogP contribution in [0.2, 0.25) is 0 Å². The fourth-order valence-electron chi connectivity index (χ4n) is 4.32. The van der Waals surface area contributed by atoms with Crippen molar-refractivity contribution in [3.8, 4) is 23.1 Å². The van der Waals surface area contributed by atoms with Gasteiger partial charge in [0.1, 0.15) is 29.5 Å². The second kappa shape index (κ2) is 10.8. The van der Waals surface area contributed by atoms with Crippen LogP contribution in [0.25, 0.3) is 33.5 Å². The van der Waals surface area contributed by atoms with Gasteiger partial charge in [-0.15, -0.1) is 0 Å². The van der Waals surface area contributed by atoms with Gasteiger partial charge in [-0.1, -0.05) is 36.4 Å². The lowest BCUT2D eigenvalue weighted by molar-refractivity contribution is 0.298. The van der Waals surface area contributed by atoms with Crippen LogP contribution < -0.4 is 15.0 Å². The molecular formula is C31H21BrFN3O4. The van der Waals surface area contributed by atoms with Crippen molar-refractivity contribution >= 4 is 44.0 Å². The number of aromatic nitrogens is 2. The highest BCUT2D eigenvalue weighted by Gasteiger charge is 2.18. The molecule has 0 N–H and O–H groups in total. The zero-order chi connectivity index (χ0) is 27.6. The van der Waals surface area contributed by atoms with Crippen LogP contribution in [0.5, 0.6) is 11.5 Å². The monoisotopic (exact) mass is 597 g/mol. The summed E-state index contributed by atoms with van der Waals surface area (Å²) in [6, 6.07) is 26.2. The molecule has 9 heteroatoms. The van der Waals surface area contributed by atoms with Crippen molar-refractivity contribution in [1.29, 1.82) is 0 Å². The van der Waals surface area contributed by atoms with Gasteiger partial charge in [0.2, 0.25) is 5.82 Å². The van der Waals surface area contributed by atoms with E-state index in [4.69, 9.17) is 18.9 Å². The van der Waals surface area contributed by atoms with Crippen LogP contribution in [0.4, 0.5) is 4.39 Å². The predicted octanol–water partition coefficient (Wildman–Crippen LogP) is 7.18. The normalized spacial score (nSPS) is 11.5. The van der Waals surface area contributed by atoms with E-state index in [0.717, 1.165) is 5.39 Å². The van der Waals surface area contributed by atoms with Crippen LogP contribution in [0.15, 0.2) is 110 Å². The van der Waals surface area contributed by atoms with E-state index in [2.05, 4.69) is 21.0 Å². The van der Waals surface area contributed by atoms with Gasteiger partial charge in [-0.05, 0) is 76.1 Å². The van der Waals surface area contributed by atoms with E-state index in [-0.39, 0.29) is 23.8 Å². The summed E-state index contributed by atoms with van der Waals surface area (Å²) in [6.07, 6.45) is 1.55. The van der Waals surface area contributed by atoms with Crippen LogP contribution >= 0.6 is 15.9 Å². The Morgan fingerprint density at radius 1 is 0.975 bits per heavy atom. The number of halogens is 2. The molecular weight excluding hydrogens is 577 g/mol. The Balaban J connectivity index is 1.37. The average Bonchev–Trinajstić information content (AvgIpc) is 3.41. The van der Waals surface area contributed by atoms with Crippen molar-refractivity contribution in [3.63, 3.8) is 0 Å². The van der Waals surface area contributed by atoms with Gasteiger partial charge in [0.25, 0.3) is 5.56 Å². The number of hydrogen-bond acceptors (Lipinski definition) is 6. The van der Waals surface area contributed by atoms with Gasteiger partial charge in [0.05, 0.1) is 34.1 Å². The molecule has 0 aliphatic carbocycles. The Bertz CT molecular complexity index is 1960. The molecule has 2 aromatic heterocycles.